The maximum Gasteiger partial charge on any atom is 0.356 e. The second kappa shape index (κ2) is 5.86. The first-order valence-corrected chi connectivity index (χ1v) is 5.77. The normalized spacial score (nSPS) is 10.2. The highest BCUT2D eigenvalue weighted by molar-refractivity contribution is 5.87. The highest BCUT2D eigenvalue weighted by Crippen LogP contribution is 2.05. The van der Waals surface area contributed by atoms with Gasteiger partial charge in [-0.1, -0.05) is 30.3 Å². The van der Waals surface area contributed by atoms with Gasteiger partial charge in [-0.05, 0) is 18.4 Å². The quantitative estimate of drug-likeness (QED) is 0.621. The molecule has 5 nitrogen and oxygen atoms in total. The molecule has 0 aliphatic carbocycles. The highest BCUT2D eigenvalue weighted by atomic mass is 16.5. The Morgan fingerprint density at radius 3 is 2.78 bits per heavy atom. The molecule has 94 valence electrons. The number of aromatic nitrogens is 2. The average Bonchev–Trinajstić information content (AvgIpc) is 2.82. The first-order chi connectivity index (χ1) is 8.75. The van der Waals surface area contributed by atoms with Gasteiger partial charge < -0.3 is 10.5 Å². The monoisotopic (exact) mass is 245 g/mol. The highest BCUT2D eigenvalue weighted by Gasteiger charge is 2.09. The molecular formula is C13H15N3O2. The molecule has 0 unspecified atom stereocenters. The lowest BCUT2D eigenvalue weighted by atomic mass is 10.1. The smallest absolute Gasteiger partial charge is 0.356 e. The number of H-pyrrole nitrogens is 1. The number of carbonyl (C=O) groups excluding carboxylic acids is 1. The fraction of sp³-hybridized carbons (Fsp3) is 0.231. The SMILES string of the molecule is Nc1cc(C(=O)OCCCc2ccccc2)[nH]n1. The third-order valence-electron chi connectivity index (χ3n) is 2.50. The van der Waals surface area contributed by atoms with Crippen LogP contribution in [-0.2, 0) is 11.2 Å². The number of hydrogen-bond donors (Lipinski definition) is 2. The fourth-order valence-electron chi connectivity index (χ4n) is 1.61. The summed E-state index contributed by atoms with van der Waals surface area (Å²) in [7, 11) is 0. The van der Waals surface area contributed by atoms with Crippen LogP contribution in [0, 0.1) is 0 Å². The molecule has 0 amide bonds. The number of rotatable bonds is 5. The van der Waals surface area contributed by atoms with Crippen LogP contribution in [0.2, 0.25) is 0 Å². The molecule has 3 N–H and O–H groups in total. The summed E-state index contributed by atoms with van der Waals surface area (Å²) >= 11 is 0. The summed E-state index contributed by atoms with van der Waals surface area (Å²) in [6.45, 7) is 0.382. The minimum atomic E-state index is -0.424. The van der Waals surface area contributed by atoms with Crippen molar-refractivity contribution in [3.8, 4) is 0 Å². The minimum Gasteiger partial charge on any atom is -0.461 e. The lowest BCUT2D eigenvalue weighted by molar-refractivity contribution is 0.0493. The molecule has 0 aliphatic rings. The molecule has 0 radical (unpaired) electrons. The molecule has 2 aromatic rings. The number of nitrogens with zero attached hydrogens (tertiary/aromatic N) is 1. The van der Waals surface area contributed by atoms with Crippen LogP contribution in [0.25, 0.3) is 0 Å². The lowest BCUT2D eigenvalue weighted by Crippen LogP contribution is -2.07. The van der Waals surface area contributed by atoms with Crippen LogP contribution in [0.15, 0.2) is 36.4 Å². The molecule has 5 heteroatoms. The maximum atomic E-state index is 11.5. The molecule has 0 saturated carbocycles. The lowest BCUT2D eigenvalue weighted by Gasteiger charge is -2.03. The van der Waals surface area contributed by atoms with Crippen molar-refractivity contribution in [1.29, 1.82) is 0 Å². The minimum absolute atomic E-state index is 0.284. The number of hydrogen-bond acceptors (Lipinski definition) is 4. The molecule has 0 fully saturated rings. The van der Waals surface area contributed by atoms with Crippen molar-refractivity contribution in [2.24, 2.45) is 0 Å². The van der Waals surface area contributed by atoms with Gasteiger partial charge in [0.15, 0.2) is 0 Å². The van der Waals surface area contributed by atoms with E-state index in [1.54, 1.807) is 0 Å². The molecule has 0 spiro atoms. The Balaban J connectivity index is 1.71. The van der Waals surface area contributed by atoms with Gasteiger partial charge >= 0.3 is 5.97 Å². The largest absolute Gasteiger partial charge is 0.461 e. The summed E-state index contributed by atoms with van der Waals surface area (Å²) in [5.74, 6) is -0.140. The predicted octanol–water partition coefficient (Wildman–Crippen LogP) is 1.78. The Bertz CT molecular complexity index is 508. The van der Waals surface area contributed by atoms with E-state index < -0.39 is 5.97 Å². The standard InChI is InChI=1S/C13H15N3O2/c14-12-9-11(15-16-12)13(17)18-8-4-7-10-5-2-1-3-6-10/h1-3,5-6,9H,4,7-8H2,(H3,14,15,16). The van der Waals surface area contributed by atoms with E-state index in [0.29, 0.717) is 6.61 Å². The van der Waals surface area contributed by atoms with Crippen LogP contribution in [0.5, 0.6) is 0 Å². The van der Waals surface area contributed by atoms with Gasteiger partial charge in [0.2, 0.25) is 0 Å². The van der Waals surface area contributed by atoms with Crippen molar-refractivity contribution in [2.75, 3.05) is 12.3 Å². The van der Waals surface area contributed by atoms with Gasteiger partial charge in [-0.3, -0.25) is 5.10 Å². The van der Waals surface area contributed by atoms with Gasteiger partial charge in [-0.25, -0.2) is 4.79 Å². The summed E-state index contributed by atoms with van der Waals surface area (Å²) in [5, 5.41) is 6.18. The number of ether oxygens (including phenoxy) is 1. The number of anilines is 1. The van der Waals surface area contributed by atoms with E-state index in [4.69, 9.17) is 10.5 Å². The zero-order chi connectivity index (χ0) is 12.8. The van der Waals surface area contributed by atoms with Crippen LogP contribution in [-0.4, -0.2) is 22.8 Å². The van der Waals surface area contributed by atoms with Gasteiger partial charge in [-0.15, -0.1) is 0 Å². The van der Waals surface area contributed by atoms with Crippen molar-refractivity contribution >= 4 is 11.8 Å². The van der Waals surface area contributed by atoms with E-state index in [-0.39, 0.29) is 11.5 Å². The third kappa shape index (κ3) is 3.35. The van der Waals surface area contributed by atoms with E-state index in [9.17, 15) is 4.79 Å². The number of benzene rings is 1. The summed E-state index contributed by atoms with van der Waals surface area (Å²) in [6.07, 6.45) is 1.68. The number of aromatic amines is 1. The van der Waals surface area contributed by atoms with Crippen molar-refractivity contribution in [3.05, 3.63) is 47.7 Å². The first-order valence-electron chi connectivity index (χ1n) is 5.77. The predicted molar refractivity (Wildman–Crippen MR) is 68.0 cm³/mol. The topological polar surface area (TPSA) is 81.0 Å². The van der Waals surface area contributed by atoms with Gasteiger partial charge in [0.05, 0.1) is 6.61 Å². The van der Waals surface area contributed by atoms with E-state index in [1.807, 2.05) is 18.2 Å². The number of nitrogen functional groups attached to an aromatic ring is 1. The molecule has 18 heavy (non-hydrogen) atoms. The molecule has 0 atom stereocenters. The van der Waals surface area contributed by atoms with E-state index in [0.717, 1.165) is 12.8 Å². The summed E-state index contributed by atoms with van der Waals surface area (Å²) in [5.41, 5.74) is 6.92. The van der Waals surface area contributed by atoms with Crippen molar-refractivity contribution in [2.45, 2.75) is 12.8 Å². The molecule has 1 heterocycles. The van der Waals surface area contributed by atoms with Crippen molar-refractivity contribution < 1.29 is 9.53 Å². The summed E-state index contributed by atoms with van der Waals surface area (Å²) < 4.78 is 5.10. The number of esters is 1. The zero-order valence-electron chi connectivity index (χ0n) is 9.93. The van der Waals surface area contributed by atoms with E-state index in [1.165, 1.54) is 11.6 Å². The molecular weight excluding hydrogens is 230 g/mol. The Morgan fingerprint density at radius 1 is 1.33 bits per heavy atom. The van der Waals surface area contributed by atoms with Crippen molar-refractivity contribution in [1.82, 2.24) is 10.2 Å². The van der Waals surface area contributed by atoms with Gasteiger partial charge in [-0.2, -0.15) is 5.10 Å². The van der Waals surface area contributed by atoms with Crippen LogP contribution in [0.1, 0.15) is 22.5 Å². The summed E-state index contributed by atoms with van der Waals surface area (Å²) in [6, 6.07) is 11.5. The fourth-order valence-corrected chi connectivity index (χ4v) is 1.61. The molecule has 0 saturated heterocycles. The Kier molecular flexibility index (Phi) is 3.96. The van der Waals surface area contributed by atoms with Gasteiger partial charge in [0.1, 0.15) is 11.5 Å². The number of nitrogens with two attached hydrogens (primary N) is 1. The van der Waals surface area contributed by atoms with Crippen LogP contribution in [0.4, 0.5) is 5.82 Å². The van der Waals surface area contributed by atoms with Crippen molar-refractivity contribution in [3.63, 3.8) is 0 Å². The maximum absolute atomic E-state index is 11.5. The Labute approximate surface area is 105 Å². The van der Waals surface area contributed by atoms with E-state index in [2.05, 4.69) is 22.3 Å². The average molecular weight is 245 g/mol. The number of nitrogens with one attached hydrogen (secondary N) is 1. The van der Waals surface area contributed by atoms with Gasteiger partial charge in [0, 0.05) is 6.07 Å². The third-order valence-corrected chi connectivity index (χ3v) is 2.50. The Hall–Kier alpha value is -2.30. The second-order valence-corrected chi connectivity index (χ2v) is 3.93. The number of aryl methyl sites for hydroxylation is 1. The van der Waals surface area contributed by atoms with E-state index >= 15 is 0 Å². The Morgan fingerprint density at radius 2 is 2.11 bits per heavy atom. The molecule has 0 aliphatic heterocycles. The molecule has 0 bridgehead atoms. The number of carbonyl (C=O) groups is 1. The molecule has 1 aromatic heterocycles. The molecule has 1 aromatic carbocycles. The second-order valence-electron chi connectivity index (χ2n) is 3.93. The zero-order valence-corrected chi connectivity index (χ0v) is 9.93. The van der Waals surface area contributed by atoms with Crippen LogP contribution >= 0.6 is 0 Å². The van der Waals surface area contributed by atoms with Crippen LogP contribution < -0.4 is 5.73 Å². The van der Waals surface area contributed by atoms with Crippen LogP contribution in [0.3, 0.4) is 0 Å². The molecule has 2 rings (SSSR count). The summed E-state index contributed by atoms with van der Waals surface area (Å²) in [4.78, 5) is 11.5. The van der Waals surface area contributed by atoms with Gasteiger partial charge in [0.25, 0.3) is 0 Å². The first kappa shape index (κ1) is 12.2.